The number of anilines is 1. The van der Waals surface area contributed by atoms with Crippen molar-refractivity contribution >= 4 is 23.3 Å². The van der Waals surface area contributed by atoms with Crippen LogP contribution in [0.5, 0.6) is 17.2 Å². The summed E-state index contributed by atoms with van der Waals surface area (Å²) >= 11 is 0. The molecule has 0 radical (unpaired) electrons. The summed E-state index contributed by atoms with van der Waals surface area (Å²) < 4.78 is 15.7. The molecule has 0 aliphatic rings. The molecule has 2 aromatic carbocycles. The number of benzene rings is 2. The number of ketones is 1. The minimum Gasteiger partial charge on any atom is -0.493 e. The van der Waals surface area contributed by atoms with Gasteiger partial charge in [0.1, 0.15) is 0 Å². The van der Waals surface area contributed by atoms with Gasteiger partial charge in [0.2, 0.25) is 17.6 Å². The van der Waals surface area contributed by atoms with Gasteiger partial charge in [-0.1, -0.05) is 12.1 Å². The molecule has 0 unspecified atom stereocenters. The van der Waals surface area contributed by atoms with Crippen molar-refractivity contribution in [2.75, 3.05) is 33.2 Å². The van der Waals surface area contributed by atoms with Gasteiger partial charge in [0, 0.05) is 18.2 Å². The number of ether oxygens (including phenoxy) is 3. The SMILES string of the molecule is COc1cc(C(=O)CNC(=O)Cc2ccc(NC(C)=O)cc2)cc(OC)c1OC. The van der Waals surface area contributed by atoms with Crippen LogP contribution in [0.1, 0.15) is 22.8 Å². The van der Waals surface area contributed by atoms with Crippen molar-refractivity contribution in [2.24, 2.45) is 0 Å². The van der Waals surface area contributed by atoms with Crippen LogP contribution in [0.3, 0.4) is 0 Å². The van der Waals surface area contributed by atoms with Crippen LogP contribution >= 0.6 is 0 Å². The second kappa shape index (κ2) is 10.1. The maximum atomic E-state index is 12.5. The van der Waals surface area contributed by atoms with Gasteiger partial charge in [-0.25, -0.2) is 0 Å². The van der Waals surface area contributed by atoms with Crippen LogP contribution in [0, 0.1) is 0 Å². The van der Waals surface area contributed by atoms with Crippen molar-refractivity contribution in [1.82, 2.24) is 5.32 Å². The van der Waals surface area contributed by atoms with Crippen molar-refractivity contribution in [1.29, 1.82) is 0 Å². The van der Waals surface area contributed by atoms with Crippen molar-refractivity contribution in [2.45, 2.75) is 13.3 Å². The molecule has 2 N–H and O–H groups in total. The molecule has 2 rings (SSSR count). The van der Waals surface area contributed by atoms with E-state index in [4.69, 9.17) is 14.2 Å². The fraction of sp³-hybridized carbons (Fsp3) is 0.286. The van der Waals surface area contributed by atoms with Gasteiger partial charge in [-0.3, -0.25) is 14.4 Å². The van der Waals surface area contributed by atoms with E-state index in [1.165, 1.54) is 40.4 Å². The molecule has 0 aromatic heterocycles. The molecule has 2 aromatic rings. The van der Waals surface area contributed by atoms with E-state index >= 15 is 0 Å². The topological polar surface area (TPSA) is 103 Å². The lowest BCUT2D eigenvalue weighted by Crippen LogP contribution is -2.30. The molecule has 0 saturated heterocycles. The molecule has 0 spiro atoms. The fourth-order valence-electron chi connectivity index (χ4n) is 2.68. The number of hydrogen-bond donors (Lipinski definition) is 2. The lowest BCUT2D eigenvalue weighted by Gasteiger charge is -2.14. The first-order valence-corrected chi connectivity index (χ1v) is 8.84. The van der Waals surface area contributed by atoms with Crippen molar-refractivity contribution in [3.63, 3.8) is 0 Å². The van der Waals surface area contributed by atoms with Crippen LogP contribution in [0.25, 0.3) is 0 Å². The minimum atomic E-state index is -0.293. The smallest absolute Gasteiger partial charge is 0.224 e. The summed E-state index contributed by atoms with van der Waals surface area (Å²) in [7, 11) is 4.40. The van der Waals surface area contributed by atoms with Crippen LogP contribution in [0.4, 0.5) is 5.69 Å². The fourth-order valence-corrected chi connectivity index (χ4v) is 2.68. The number of hydrogen-bond acceptors (Lipinski definition) is 6. The van der Waals surface area contributed by atoms with E-state index in [1.54, 1.807) is 24.3 Å². The highest BCUT2D eigenvalue weighted by atomic mass is 16.5. The largest absolute Gasteiger partial charge is 0.493 e. The van der Waals surface area contributed by atoms with Gasteiger partial charge in [-0.15, -0.1) is 0 Å². The Hall–Kier alpha value is -3.55. The summed E-state index contributed by atoms with van der Waals surface area (Å²) in [6.07, 6.45) is 0.114. The van der Waals surface area contributed by atoms with Crippen molar-refractivity contribution < 1.29 is 28.6 Å². The summed E-state index contributed by atoms with van der Waals surface area (Å²) in [4.78, 5) is 35.7. The Balaban J connectivity index is 1.98. The molecule has 0 atom stereocenters. The Bertz CT molecular complexity index is 868. The van der Waals surface area contributed by atoms with Gasteiger partial charge in [0.15, 0.2) is 17.3 Å². The van der Waals surface area contributed by atoms with E-state index in [0.29, 0.717) is 28.5 Å². The first kappa shape index (κ1) is 21.7. The quantitative estimate of drug-likeness (QED) is 0.626. The standard InChI is InChI=1S/C21H24N2O6/c1-13(24)23-16-7-5-14(6-8-16)9-20(26)22-12-17(25)15-10-18(27-2)21(29-4)19(11-15)28-3/h5-8,10-11H,9,12H2,1-4H3,(H,22,26)(H,23,24). The van der Waals surface area contributed by atoms with Gasteiger partial charge in [-0.05, 0) is 29.8 Å². The Morgan fingerprint density at radius 2 is 1.48 bits per heavy atom. The van der Waals surface area contributed by atoms with Crippen LogP contribution in [0.15, 0.2) is 36.4 Å². The highest BCUT2D eigenvalue weighted by molar-refractivity contribution is 6.00. The molecule has 0 aliphatic heterocycles. The number of Topliss-reactive ketones (excluding diaryl/α,β-unsaturated/α-hetero) is 1. The average Bonchev–Trinajstić information content (AvgIpc) is 2.71. The molecular formula is C21H24N2O6. The third-order valence-corrected chi connectivity index (χ3v) is 4.07. The summed E-state index contributed by atoms with van der Waals surface area (Å²) in [5.41, 5.74) is 1.75. The number of rotatable bonds is 9. The monoisotopic (exact) mass is 400 g/mol. The Labute approximate surface area is 169 Å². The number of carbonyl (C=O) groups is 3. The predicted octanol–water partition coefficient (Wildman–Crippen LogP) is 2.21. The first-order valence-electron chi connectivity index (χ1n) is 8.84. The molecule has 0 saturated carbocycles. The maximum Gasteiger partial charge on any atom is 0.224 e. The molecule has 0 fully saturated rings. The molecule has 8 nitrogen and oxygen atoms in total. The van der Waals surface area contributed by atoms with E-state index in [0.717, 1.165) is 5.56 Å². The van der Waals surface area contributed by atoms with Gasteiger partial charge >= 0.3 is 0 Å². The zero-order chi connectivity index (χ0) is 21.4. The highest BCUT2D eigenvalue weighted by Gasteiger charge is 2.17. The normalized spacial score (nSPS) is 10.1. The van der Waals surface area contributed by atoms with Gasteiger partial charge in [0.25, 0.3) is 0 Å². The molecule has 0 aliphatic carbocycles. The summed E-state index contributed by atoms with van der Waals surface area (Å²) in [5, 5.41) is 5.27. The molecule has 154 valence electrons. The Morgan fingerprint density at radius 1 is 0.897 bits per heavy atom. The summed E-state index contributed by atoms with van der Waals surface area (Å²) in [5.74, 6) is 0.359. The highest BCUT2D eigenvalue weighted by Crippen LogP contribution is 2.38. The van der Waals surface area contributed by atoms with Crippen LogP contribution in [-0.2, 0) is 16.0 Å². The average molecular weight is 400 g/mol. The predicted molar refractivity (Wildman–Crippen MR) is 108 cm³/mol. The molecular weight excluding hydrogens is 376 g/mol. The third-order valence-electron chi connectivity index (χ3n) is 4.07. The lowest BCUT2D eigenvalue weighted by molar-refractivity contribution is -0.120. The van der Waals surface area contributed by atoms with E-state index in [-0.39, 0.29) is 30.6 Å². The second-order valence-electron chi connectivity index (χ2n) is 6.17. The molecule has 0 bridgehead atoms. The van der Waals surface area contributed by atoms with Gasteiger partial charge < -0.3 is 24.8 Å². The minimum absolute atomic E-state index is 0.114. The second-order valence-corrected chi connectivity index (χ2v) is 6.17. The molecule has 29 heavy (non-hydrogen) atoms. The molecule has 2 amide bonds. The van der Waals surface area contributed by atoms with Crippen LogP contribution in [-0.4, -0.2) is 45.5 Å². The van der Waals surface area contributed by atoms with Crippen molar-refractivity contribution in [3.8, 4) is 17.2 Å². The van der Waals surface area contributed by atoms with E-state index < -0.39 is 0 Å². The number of amides is 2. The maximum absolute atomic E-state index is 12.5. The number of methoxy groups -OCH3 is 3. The third kappa shape index (κ3) is 5.97. The number of nitrogens with one attached hydrogen (secondary N) is 2. The number of carbonyl (C=O) groups excluding carboxylic acids is 3. The van der Waals surface area contributed by atoms with E-state index in [9.17, 15) is 14.4 Å². The Kier molecular flexibility index (Phi) is 7.59. The lowest BCUT2D eigenvalue weighted by atomic mass is 10.1. The zero-order valence-electron chi connectivity index (χ0n) is 16.8. The molecule has 8 heteroatoms. The van der Waals surface area contributed by atoms with Gasteiger partial charge in [-0.2, -0.15) is 0 Å². The van der Waals surface area contributed by atoms with Crippen molar-refractivity contribution in [3.05, 3.63) is 47.5 Å². The van der Waals surface area contributed by atoms with Crippen LogP contribution < -0.4 is 24.8 Å². The Morgan fingerprint density at radius 3 is 1.97 bits per heavy atom. The molecule has 0 heterocycles. The summed E-state index contributed by atoms with van der Waals surface area (Å²) in [6, 6.07) is 9.99. The van der Waals surface area contributed by atoms with Crippen LogP contribution in [0.2, 0.25) is 0 Å². The first-order chi connectivity index (χ1) is 13.9. The summed E-state index contributed by atoms with van der Waals surface area (Å²) in [6.45, 7) is 1.26. The van der Waals surface area contributed by atoms with Gasteiger partial charge in [0.05, 0.1) is 34.3 Å². The van der Waals surface area contributed by atoms with E-state index in [1.807, 2.05) is 0 Å². The zero-order valence-corrected chi connectivity index (χ0v) is 16.8. The van der Waals surface area contributed by atoms with E-state index in [2.05, 4.69) is 10.6 Å².